The van der Waals surface area contributed by atoms with Crippen molar-refractivity contribution >= 4 is 34.7 Å². The van der Waals surface area contributed by atoms with Gasteiger partial charge in [-0.3, -0.25) is 20.0 Å². The van der Waals surface area contributed by atoms with Crippen LogP contribution in [0.1, 0.15) is 16.1 Å². The highest BCUT2D eigenvalue weighted by atomic mass is 16.6. The van der Waals surface area contributed by atoms with Crippen molar-refractivity contribution in [3.8, 4) is 11.3 Å². The minimum atomic E-state index is -0.454. The Balaban J connectivity index is 1.40. The second-order valence-electron chi connectivity index (χ2n) is 6.62. The first kappa shape index (κ1) is 19.7. The van der Waals surface area contributed by atoms with Crippen LogP contribution in [0.4, 0.5) is 5.69 Å². The fourth-order valence-corrected chi connectivity index (χ4v) is 3.08. The third-order valence-corrected chi connectivity index (χ3v) is 4.60. The molecule has 0 fully saturated rings. The topological polar surface area (TPSA) is 113 Å². The molecule has 0 spiro atoms. The van der Waals surface area contributed by atoms with E-state index in [4.69, 9.17) is 0 Å². The Hall–Kier alpha value is -4.59. The highest BCUT2D eigenvalue weighted by Crippen LogP contribution is 2.23. The molecule has 8 nitrogen and oxygen atoms in total. The van der Waals surface area contributed by atoms with E-state index >= 15 is 0 Å². The number of nitrogens with one attached hydrogen (secondary N) is 2. The van der Waals surface area contributed by atoms with Crippen molar-refractivity contribution in [3.63, 3.8) is 0 Å². The summed E-state index contributed by atoms with van der Waals surface area (Å²) < 4.78 is 0. The van der Waals surface area contributed by atoms with Gasteiger partial charge in [0.25, 0.3) is 11.6 Å². The van der Waals surface area contributed by atoms with Crippen molar-refractivity contribution in [2.75, 3.05) is 0 Å². The first-order valence-corrected chi connectivity index (χ1v) is 9.40. The molecule has 0 radical (unpaired) electrons. The number of amides is 1. The third-order valence-electron chi connectivity index (χ3n) is 4.60. The molecule has 0 aliphatic heterocycles. The van der Waals surface area contributed by atoms with Crippen molar-refractivity contribution in [2.45, 2.75) is 0 Å². The van der Waals surface area contributed by atoms with E-state index < -0.39 is 10.8 Å². The standard InChI is InChI=1S/C23H17N5O3/c29-23(27-24-13-5-9-17-7-3-4-10-22(17)28(30)31)21-15-20(25-26-21)19-12-11-16-6-1-2-8-18(16)14-19/h1-15H,(H,25,26)(H,27,29)/b9-5-,24-13+. The number of hydrazone groups is 1. The Labute approximate surface area is 177 Å². The lowest BCUT2D eigenvalue weighted by Gasteiger charge is -2.00. The Bertz CT molecular complexity index is 1320. The molecule has 0 bridgehead atoms. The van der Waals surface area contributed by atoms with Crippen LogP contribution in [0.2, 0.25) is 0 Å². The van der Waals surface area contributed by atoms with E-state index in [1.165, 1.54) is 18.4 Å². The molecule has 31 heavy (non-hydrogen) atoms. The second-order valence-corrected chi connectivity index (χ2v) is 6.62. The molecule has 0 atom stereocenters. The lowest BCUT2D eigenvalue weighted by atomic mass is 10.1. The summed E-state index contributed by atoms with van der Waals surface area (Å²) in [6.45, 7) is 0. The second kappa shape index (κ2) is 8.83. The molecule has 0 aliphatic carbocycles. The lowest BCUT2D eigenvalue weighted by molar-refractivity contribution is -0.385. The zero-order valence-corrected chi connectivity index (χ0v) is 16.2. The molecule has 4 aromatic rings. The number of rotatable bonds is 6. The van der Waals surface area contributed by atoms with Gasteiger partial charge in [-0.2, -0.15) is 10.2 Å². The maximum atomic E-state index is 12.3. The summed E-state index contributed by atoms with van der Waals surface area (Å²) in [4.78, 5) is 22.8. The fraction of sp³-hybridized carbons (Fsp3) is 0. The van der Waals surface area contributed by atoms with E-state index in [0.29, 0.717) is 11.3 Å². The minimum Gasteiger partial charge on any atom is -0.272 e. The SMILES string of the molecule is O=C(N/N=C/C=C\c1ccccc1[N+](=O)[O-])c1cc(-c2ccc3ccccc3c2)n[nH]1. The average molecular weight is 411 g/mol. The number of nitro groups is 1. The predicted molar refractivity (Wildman–Crippen MR) is 120 cm³/mol. The maximum Gasteiger partial charge on any atom is 0.289 e. The van der Waals surface area contributed by atoms with Gasteiger partial charge in [0.15, 0.2) is 0 Å². The Kier molecular flexibility index (Phi) is 5.62. The first-order valence-electron chi connectivity index (χ1n) is 9.40. The summed E-state index contributed by atoms with van der Waals surface area (Å²) in [5.74, 6) is -0.449. The normalized spacial score (nSPS) is 11.4. The predicted octanol–water partition coefficient (Wildman–Crippen LogP) is 4.57. The number of hydrogen-bond acceptors (Lipinski definition) is 5. The van der Waals surface area contributed by atoms with Crippen LogP contribution in [-0.2, 0) is 0 Å². The lowest BCUT2D eigenvalue weighted by Crippen LogP contribution is -2.17. The van der Waals surface area contributed by atoms with E-state index in [9.17, 15) is 14.9 Å². The molecule has 3 aromatic carbocycles. The zero-order chi connectivity index (χ0) is 21.6. The zero-order valence-electron chi connectivity index (χ0n) is 16.2. The van der Waals surface area contributed by atoms with Crippen molar-refractivity contribution in [1.82, 2.24) is 15.6 Å². The van der Waals surface area contributed by atoms with Crippen LogP contribution in [0.15, 0.2) is 84.0 Å². The number of benzene rings is 3. The summed E-state index contributed by atoms with van der Waals surface area (Å²) in [5, 5.41) is 24.0. The molecule has 0 unspecified atom stereocenters. The fourth-order valence-electron chi connectivity index (χ4n) is 3.08. The Morgan fingerprint density at radius 1 is 1.03 bits per heavy atom. The van der Waals surface area contributed by atoms with E-state index in [1.54, 1.807) is 30.3 Å². The van der Waals surface area contributed by atoms with Gasteiger partial charge < -0.3 is 0 Å². The molecule has 0 aliphatic rings. The number of H-pyrrole nitrogens is 1. The van der Waals surface area contributed by atoms with E-state index in [0.717, 1.165) is 16.3 Å². The highest BCUT2D eigenvalue weighted by molar-refractivity contribution is 5.94. The molecule has 152 valence electrons. The summed E-state index contributed by atoms with van der Waals surface area (Å²) in [5.41, 5.74) is 4.64. The van der Waals surface area contributed by atoms with Crippen LogP contribution in [0.25, 0.3) is 28.1 Å². The number of carbonyl (C=O) groups excluding carboxylic acids is 1. The number of hydrogen-bond donors (Lipinski definition) is 2. The quantitative estimate of drug-likeness (QED) is 0.275. The molecule has 8 heteroatoms. The number of allylic oxidation sites excluding steroid dienone is 1. The van der Waals surface area contributed by atoms with Gasteiger partial charge in [0.1, 0.15) is 5.69 Å². The summed E-state index contributed by atoms with van der Waals surface area (Å²) in [7, 11) is 0. The molecule has 0 saturated heterocycles. The molecule has 1 heterocycles. The third kappa shape index (κ3) is 4.54. The number of carbonyl (C=O) groups is 1. The van der Waals surface area contributed by atoms with Gasteiger partial charge >= 0.3 is 0 Å². The van der Waals surface area contributed by atoms with Crippen LogP contribution in [-0.4, -0.2) is 27.2 Å². The number of nitrogens with zero attached hydrogens (tertiary/aromatic N) is 3. The molecular weight excluding hydrogens is 394 g/mol. The van der Waals surface area contributed by atoms with Crippen molar-refractivity contribution in [2.24, 2.45) is 5.10 Å². The largest absolute Gasteiger partial charge is 0.289 e. The molecule has 2 N–H and O–H groups in total. The smallest absolute Gasteiger partial charge is 0.272 e. The summed E-state index contributed by atoms with van der Waals surface area (Å²) in [6, 6.07) is 22.0. The van der Waals surface area contributed by atoms with Crippen LogP contribution in [0.3, 0.4) is 0 Å². The van der Waals surface area contributed by atoms with E-state index in [2.05, 4.69) is 20.7 Å². The van der Waals surface area contributed by atoms with Gasteiger partial charge in [-0.25, -0.2) is 5.43 Å². The van der Waals surface area contributed by atoms with Crippen LogP contribution >= 0.6 is 0 Å². The van der Waals surface area contributed by atoms with Crippen molar-refractivity contribution in [3.05, 3.63) is 100 Å². The molecule has 1 amide bonds. The molecule has 4 rings (SSSR count). The van der Waals surface area contributed by atoms with E-state index in [1.807, 2.05) is 42.5 Å². The van der Waals surface area contributed by atoms with Gasteiger partial charge in [-0.05, 0) is 41.1 Å². The van der Waals surface area contributed by atoms with Gasteiger partial charge in [0, 0.05) is 17.8 Å². The minimum absolute atomic E-state index is 0.00475. The molecule has 0 saturated carbocycles. The highest BCUT2D eigenvalue weighted by Gasteiger charge is 2.11. The number of aromatic nitrogens is 2. The Morgan fingerprint density at radius 2 is 1.81 bits per heavy atom. The monoisotopic (exact) mass is 411 g/mol. The number of nitro benzene ring substituents is 1. The number of para-hydroxylation sites is 1. The number of aromatic amines is 1. The Morgan fingerprint density at radius 3 is 2.65 bits per heavy atom. The maximum absolute atomic E-state index is 12.3. The van der Waals surface area contributed by atoms with E-state index in [-0.39, 0.29) is 11.4 Å². The average Bonchev–Trinajstić information content (AvgIpc) is 3.29. The van der Waals surface area contributed by atoms with Crippen LogP contribution in [0.5, 0.6) is 0 Å². The summed E-state index contributed by atoms with van der Waals surface area (Å²) in [6.07, 6.45) is 4.40. The molecular formula is C23H17N5O3. The van der Waals surface area contributed by atoms with Gasteiger partial charge in [-0.1, -0.05) is 48.5 Å². The summed E-state index contributed by atoms with van der Waals surface area (Å²) >= 11 is 0. The number of fused-ring (bicyclic) bond motifs is 1. The van der Waals surface area contributed by atoms with Crippen LogP contribution in [0, 0.1) is 10.1 Å². The van der Waals surface area contributed by atoms with Gasteiger partial charge in [-0.15, -0.1) is 0 Å². The molecule has 1 aromatic heterocycles. The van der Waals surface area contributed by atoms with Crippen LogP contribution < -0.4 is 5.43 Å². The first-order chi connectivity index (χ1) is 15.1. The van der Waals surface area contributed by atoms with Gasteiger partial charge in [0.2, 0.25) is 0 Å². The van der Waals surface area contributed by atoms with Crippen molar-refractivity contribution in [1.29, 1.82) is 0 Å². The van der Waals surface area contributed by atoms with Gasteiger partial charge in [0.05, 0.1) is 16.2 Å². The van der Waals surface area contributed by atoms with Crippen molar-refractivity contribution < 1.29 is 9.72 Å².